The average molecular weight is 468 g/mol. The van der Waals surface area contributed by atoms with Gasteiger partial charge in [-0.3, -0.25) is 4.79 Å². The molecule has 0 bridgehead atoms. The molecule has 0 atom stereocenters. The van der Waals surface area contributed by atoms with Crippen LogP contribution in [0.2, 0.25) is 0 Å². The largest absolute Gasteiger partial charge is 0.494 e. The fourth-order valence-corrected chi connectivity index (χ4v) is 4.83. The van der Waals surface area contributed by atoms with Crippen molar-refractivity contribution in [3.8, 4) is 11.5 Å². The summed E-state index contributed by atoms with van der Waals surface area (Å²) in [7, 11) is -4.17. The molecule has 33 heavy (non-hydrogen) atoms. The number of sulfonamides is 1. The molecule has 0 aromatic heterocycles. The molecule has 1 amide bonds. The quantitative estimate of drug-likeness (QED) is 0.460. The van der Waals surface area contributed by atoms with E-state index in [0.29, 0.717) is 18.1 Å². The first-order chi connectivity index (χ1) is 15.6. The first kappa shape index (κ1) is 24.3. The van der Waals surface area contributed by atoms with Crippen molar-refractivity contribution in [3.05, 3.63) is 82.9 Å². The maximum Gasteiger partial charge on any atom is 0.278 e. The van der Waals surface area contributed by atoms with Gasteiger partial charge in [0.25, 0.3) is 15.9 Å². The molecular weight excluding hydrogens is 438 g/mol. The van der Waals surface area contributed by atoms with E-state index >= 15 is 0 Å². The van der Waals surface area contributed by atoms with Gasteiger partial charge < -0.3 is 9.47 Å². The Morgan fingerprint density at radius 1 is 0.818 bits per heavy atom. The smallest absolute Gasteiger partial charge is 0.278 e. The predicted octanol–water partition coefficient (Wildman–Crippen LogP) is 5.12. The zero-order chi connectivity index (χ0) is 24.2. The lowest BCUT2D eigenvalue weighted by molar-refractivity contribution is -0.119. The molecule has 6 nitrogen and oxygen atoms in total. The van der Waals surface area contributed by atoms with Crippen LogP contribution in [0, 0.1) is 27.7 Å². The number of nitrogens with zero attached hydrogens (tertiary/aromatic N) is 1. The molecule has 0 aliphatic carbocycles. The number of carbonyl (C=O) groups is 1. The third-order valence-corrected chi connectivity index (χ3v) is 7.14. The summed E-state index contributed by atoms with van der Waals surface area (Å²) < 4.78 is 39.1. The fourth-order valence-electron chi connectivity index (χ4n) is 3.42. The Morgan fingerprint density at radius 3 is 2.03 bits per heavy atom. The van der Waals surface area contributed by atoms with Crippen molar-refractivity contribution in [1.29, 1.82) is 0 Å². The normalized spacial score (nSPS) is 11.2. The summed E-state index contributed by atoms with van der Waals surface area (Å²) in [6.07, 6.45) is 0. The Labute approximate surface area is 195 Å². The number of amides is 1. The van der Waals surface area contributed by atoms with Crippen LogP contribution in [0.5, 0.6) is 11.5 Å². The van der Waals surface area contributed by atoms with Crippen molar-refractivity contribution in [1.82, 2.24) is 0 Å². The summed E-state index contributed by atoms with van der Waals surface area (Å²) in [5.74, 6) is 0.478. The molecule has 0 aliphatic rings. The zero-order valence-corrected chi connectivity index (χ0v) is 20.4. The second-order valence-electron chi connectivity index (χ2n) is 7.85. The van der Waals surface area contributed by atoms with Crippen LogP contribution < -0.4 is 13.8 Å². The van der Waals surface area contributed by atoms with Crippen molar-refractivity contribution >= 4 is 21.6 Å². The predicted molar refractivity (Wildman–Crippen MR) is 130 cm³/mol. The minimum atomic E-state index is -4.17. The standard InChI is InChI=1S/C26H29NO5S/c1-6-31-23-13-11-22(12-14-23)27(33(29,30)24-15-7-18(2)8-16-24)25(28)17-32-26-20(4)10-9-19(3)21(26)5/h7-16H,6,17H2,1-5H3. The molecule has 0 fully saturated rings. The van der Waals surface area contributed by atoms with Crippen LogP contribution in [0.25, 0.3) is 0 Å². The summed E-state index contributed by atoms with van der Waals surface area (Å²) >= 11 is 0. The van der Waals surface area contributed by atoms with Gasteiger partial charge in [0.05, 0.1) is 17.2 Å². The summed E-state index contributed by atoms with van der Waals surface area (Å²) in [4.78, 5) is 13.3. The van der Waals surface area contributed by atoms with Crippen LogP contribution in [-0.2, 0) is 14.8 Å². The van der Waals surface area contributed by atoms with Crippen LogP contribution in [0.3, 0.4) is 0 Å². The maximum absolute atomic E-state index is 13.5. The minimum Gasteiger partial charge on any atom is -0.494 e. The average Bonchev–Trinajstić information content (AvgIpc) is 2.78. The van der Waals surface area contributed by atoms with E-state index in [0.717, 1.165) is 26.6 Å². The second-order valence-corrected chi connectivity index (χ2v) is 9.63. The van der Waals surface area contributed by atoms with Crippen molar-refractivity contribution in [3.63, 3.8) is 0 Å². The number of hydrogen-bond donors (Lipinski definition) is 0. The summed E-state index contributed by atoms with van der Waals surface area (Å²) in [6, 6.07) is 16.7. The second kappa shape index (κ2) is 10.1. The first-order valence-electron chi connectivity index (χ1n) is 10.7. The molecule has 3 rings (SSSR count). The monoisotopic (exact) mass is 467 g/mol. The highest BCUT2D eigenvalue weighted by molar-refractivity contribution is 7.93. The van der Waals surface area contributed by atoms with Gasteiger partial charge in [0, 0.05) is 0 Å². The van der Waals surface area contributed by atoms with Crippen LogP contribution in [0.4, 0.5) is 5.69 Å². The number of rotatable bonds is 8. The number of benzene rings is 3. The van der Waals surface area contributed by atoms with E-state index in [1.165, 1.54) is 12.1 Å². The van der Waals surface area contributed by atoms with E-state index in [1.54, 1.807) is 36.4 Å². The SMILES string of the molecule is CCOc1ccc(N(C(=O)COc2c(C)ccc(C)c2C)S(=O)(=O)c2ccc(C)cc2)cc1. The summed E-state index contributed by atoms with van der Waals surface area (Å²) in [5.41, 5.74) is 3.95. The fraction of sp³-hybridized carbons (Fsp3) is 0.269. The Balaban J connectivity index is 1.98. The Kier molecular flexibility index (Phi) is 7.43. The molecule has 174 valence electrons. The number of ether oxygens (including phenoxy) is 2. The van der Waals surface area contributed by atoms with Gasteiger partial charge in [-0.2, -0.15) is 4.31 Å². The zero-order valence-electron chi connectivity index (χ0n) is 19.6. The molecule has 0 saturated heterocycles. The van der Waals surface area contributed by atoms with Gasteiger partial charge in [0.15, 0.2) is 6.61 Å². The number of aryl methyl sites for hydroxylation is 3. The number of hydrogen-bond acceptors (Lipinski definition) is 5. The van der Waals surface area contributed by atoms with Crippen LogP contribution in [0.1, 0.15) is 29.2 Å². The Morgan fingerprint density at radius 2 is 1.42 bits per heavy atom. The van der Waals surface area contributed by atoms with Crippen molar-refractivity contribution < 1.29 is 22.7 Å². The van der Waals surface area contributed by atoms with E-state index in [4.69, 9.17) is 9.47 Å². The van der Waals surface area contributed by atoms with Gasteiger partial charge in [-0.15, -0.1) is 0 Å². The van der Waals surface area contributed by atoms with E-state index in [9.17, 15) is 13.2 Å². The van der Waals surface area contributed by atoms with Gasteiger partial charge in [-0.1, -0.05) is 29.8 Å². The third kappa shape index (κ3) is 5.37. The van der Waals surface area contributed by atoms with E-state index in [1.807, 2.05) is 46.8 Å². The lowest BCUT2D eigenvalue weighted by Crippen LogP contribution is -2.40. The molecule has 7 heteroatoms. The molecule has 0 radical (unpaired) electrons. The third-order valence-electron chi connectivity index (χ3n) is 5.38. The van der Waals surface area contributed by atoms with Gasteiger partial charge in [0.1, 0.15) is 11.5 Å². The Hall–Kier alpha value is -3.32. The van der Waals surface area contributed by atoms with Gasteiger partial charge in [-0.25, -0.2) is 8.42 Å². The van der Waals surface area contributed by atoms with Crippen molar-refractivity contribution in [2.45, 2.75) is 39.5 Å². The van der Waals surface area contributed by atoms with Crippen molar-refractivity contribution in [2.75, 3.05) is 17.5 Å². The number of carbonyl (C=O) groups excluding carboxylic acids is 1. The highest BCUT2D eigenvalue weighted by Crippen LogP contribution is 2.29. The summed E-state index contributed by atoms with van der Waals surface area (Å²) in [6.45, 7) is 9.53. The number of anilines is 1. The molecule has 0 unspecified atom stereocenters. The van der Waals surface area contributed by atoms with Gasteiger partial charge in [-0.05, 0) is 87.7 Å². The molecule has 0 aliphatic heterocycles. The Bertz CT molecular complexity index is 1230. The van der Waals surface area contributed by atoms with Crippen LogP contribution >= 0.6 is 0 Å². The summed E-state index contributed by atoms with van der Waals surface area (Å²) in [5, 5.41) is 0. The van der Waals surface area contributed by atoms with E-state index in [2.05, 4.69) is 0 Å². The van der Waals surface area contributed by atoms with Crippen molar-refractivity contribution in [2.24, 2.45) is 0 Å². The van der Waals surface area contributed by atoms with E-state index < -0.39 is 22.5 Å². The molecule has 0 heterocycles. The molecule has 0 saturated carbocycles. The molecule has 3 aromatic rings. The highest BCUT2D eigenvalue weighted by Gasteiger charge is 2.31. The van der Waals surface area contributed by atoms with Gasteiger partial charge in [0.2, 0.25) is 0 Å². The maximum atomic E-state index is 13.5. The molecule has 0 spiro atoms. The minimum absolute atomic E-state index is 0.0262. The molecule has 3 aromatic carbocycles. The van der Waals surface area contributed by atoms with Gasteiger partial charge >= 0.3 is 0 Å². The highest BCUT2D eigenvalue weighted by atomic mass is 32.2. The first-order valence-corrected chi connectivity index (χ1v) is 12.2. The molecular formula is C26H29NO5S. The van der Waals surface area contributed by atoms with Crippen LogP contribution in [0.15, 0.2) is 65.6 Å². The molecule has 0 N–H and O–H groups in total. The van der Waals surface area contributed by atoms with Crippen LogP contribution in [-0.4, -0.2) is 27.5 Å². The topological polar surface area (TPSA) is 72.9 Å². The lowest BCUT2D eigenvalue weighted by Gasteiger charge is -2.24. The van der Waals surface area contributed by atoms with E-state index in [-0.39, 0.29) is 10.6 Å². The lowest BCUT2D eigenvalue weighted by atomic mass is 10.1.